The van der Waals surface area contributed by atoms with Gasteiger partial charge < -0.3 is 19.2 Å². The van der Waals surface area contributed by atoms with Gasteiger partial charge in [0.15, 0.2) is 11.7 Å². The molecule has 0 saturated carbocycles. The molecule has 0 atom stereocenters. The topological polar surface area (TPSA) is 73.6 Å². The highest BCUT2D eigenvalue weighted by molar-refractivity contribution is 5.92. The summed E-state index contributed by atoms with van der Waals surface area (Å²) in [5.74, 6) is 2.37. The number of hydrogen-bond acceptors (Lipinski definition) is 5. The van der Waals surface area contributed by atoms with E-state index in [9.17, 15) is 4.79 Å². The summed E-state index contributed by atoms with van der Waals surface area (Å²) in [6, 6.07) is 15.1. The smallest absolute Gasteiger partial charge is 0.224 e. The van der Waals surface area contributed by atoms with Gasteiger partial charge in [-0.15, -0.1) is 0 Å². The molecule has 0 radical (unpaired) electrons. The van der Waals surface area contributed by atoms with Crippen molar-refractivity contribution in [1.29, 1.82) is 0 Å². The maximum absolute atomic E-state index is 12.4. The first kappa shape index (κ1) is 19.5. The summed E-state index contributed by atoms with van der Waals surface area (Å²) in [7, 11) is 0. The van der Waals surface area contributed by atoms with Crippen molar-refractivity contribution in [2.24, 2.45) is 0 Å². The van der Waals surface area contributed by atoms with Crippen molar-refractivity contribution >= 4 is 11.6 Å². The third-order valence-electron chi connectivity index (χ3n) is 4.01. The van der Waals surface area contributed by atoms with Crippen molar-refractivity contribution in [2.45, 2.75) is 26.7 Å². The molecule has 0 unspecified atom stereocenters. The lowest BCUT2D eigenvalue weighted by molar-refractivity contribution is -0.116. The standard InChI is InChI=1S/C22H24N2O4/c1-3-26-17-10-11-19(27-4-2)18(14-17)24-21(25)12-13-22-23-15-20(28-22)16-8-6-5-7-9-16/h5-11,14-15H,3-4,12-13H2,1-2H3,(H,24,25). The van der Waals surface area contributed by atoms with E-state index in [-0.39, 0.29) is 12.3 Å². The minimum absolute atomic E-state index is 0.144. The highest BCUT2D eigenvalue weighted by Gasteiger charge is 2.12. The van der Waals surface area contributed by atoms with Gasteiger partial charge in [0.25, 0.3) is 0 Å². The van der Waals surface area contributed by atoms with E-state index in [0.29, 0.717) is 48.5 Å². The molecule has 1 heterocycles. The summed E-state index contributed by atoms with van der Waals surface area (Å²) >= 11 is 0. The lowest BCUT2D eigenvalue weighted by Gasteiger charge is -2.13. The van der Waals surface area contributed by atoms with Crippen molar-refractivity contribution in [2.75, 3.05) is 18.5 Å². The molecule has 0 bridgehead atoms. The zero-order chi connectivity index (χ0) is 19.8. The average molecular weight is 380 g/mol. The van der Waals surface area contributed by atoms with Crippen molar-refractivity contribution in [3.63, 3.8) is 0 Å². The summed E-state index contributed by atoms with van der Waals surface area (Å²) in [6.07, 6.45) is 2.34. The lowest BCUT2D eigenvalue weighted by atomic mass is 10.2. The van der Waals surface area contributed by atoms with E-state index in [0.717, 1.165) is 5.56 Å². The van der Waals surface area contributed by atoms with Crippen LogP contribution in [0, 0.1) is 0 Å². The van der Waals surface area contributed by atoms with Crippen LogP contribution in [0.15, 0.2) is 59.1 Å². The quantitative estimate of drug-likeness (QED) is 0.582. The van der Waals surface area contributed by atoms with Gasteiger partial charge >= 0.3 is 0 Å². The number of ether oxygens (including phenoxy) is 2. The molecule has 0 fully saturated rings. The SMILES string of the molecule is CCOc1ccc(OCC)c(NC(=O)CCc2ncc(-c3ccccc3)o2)c1. The molecule has 0 spiro atoms. The van der Waals surface area contributed by atoms with E-state index in [2.05, 4.69) is 10.3 Å². The molecule has 28 heavy (non-hydrogen) atoms. The lowest BCUT2D eigenvalue weighted by Crippen LogP contribution is -2.13. The van der Waals surface area contributed by atoms with Gasteiger partial charge in [-0.1, -0.05) is 30.3 Å². The number of nitrogens with zero attached hydrogens (tertiary/aromatic N) is 1. The van der Waals surface area contributed by atoms with Crippen molar-refractivity contribution in [1.82, 2.24) is 4.98 Å². The Balaban J connectivity index is 1.61. The molecular formula is C22H24N2O4. The van der Waals surface area contributed by atoms with E-state index in [4.69, 9.17) is 13.9 Å². The second kappa shape index (κ2) is 9.60. The average Bonchev–Trinajstić information content (AvgIpc) is 3.19. The molecule has 3 aromatic rings. The summed E-state index contributed by atoms with van der Waals surface area (Å²) in [5, 5.41) is 2.89. The number of aryl methyl sites for hydroxylation is 1. The fourth-order valence-electron chi connectivity index (χ4n) is 2.74. The number of hydrogen-bond donors (Lipinski definition) is 1. The van der Waals surface area contributed by atoms with E-state index in [1.165, 1.54) is 0 Å². The fraction of sp³-hybridized carbons (Fsp3) is 0.273. The molecule has 0 aliphatic rings. The first-order chi connectivity index (χ1) is 13.7. The second-order valence-corrected chi connectivity index (χ2v) is 6.06. The van der Waals surface area contributed by atoms with Crippen LogP contribution in [0.1, 0.15) is 26.2 Å². The van der Waals surface area contributed by atoms with Crippen LogP contribution in [0.5, 0.6) is 11.5 Å². The van der Waals surface area contributed by atoms with Crippen LogP contribution in [0.25, 0.3) is 11.3 Å². The first-order valence-corrected chi connectivity index (χ1v) is 9.39. The highest BCUT2D eigenvalue weighted by atomic mass is 16.5. The van der Waals surface area contributed by atoms with E-state index in [1.54, 1.807) is 18.3 Å². The number of nitrogens with one attached hydrogen (secondary N) is 1. The van der Waals surface area contributed by atoms with Crippen LogP contribution in [-0.4, -0.2) is 24.1 Å². The van der Waals surface area contributed by atoms with Gasteiger partial charge in [-0.05, 0) is 26.0 Å². The second-order valence-electron chi connectivity index (χ2n) is 6.06. The van der Waals surface area contributed by atoms with Crippen LogP contribution >= 0.6 is 0 Å². The summed E-state index contributed by atoms with van der Waals surface area (Å²) in [4.78, 5) is 16.7. The first-order valence-electron chi connectivity index (χ1n) is 9.39. The van der Waals surface area contributed by atoms with Crippen molar-refractivity contribution in [3.05, 3.63) is 60.6 Å². The molecule has 3 rings (SSSR count). The van der Waals surface area contributed by atoms with Gasteiger partial charge in [-0.25, -0.2) is 4.98 Å². The number of carbonyl (C=O) groups is 1. The van der Waals surface area contributed by atoms with Crippen LogP contribution in [0.3, 0.4) is 0 Å². The highest BCUT2D eigenvalue weighted by Crippen LogP contribution is 2.29. The van der Waals surface area contributed by atoms with E-state index < -0.39 is 0 Å². The Kier molecular flexibility index (Phi) is 6.68. The van der Waals surface area contributed by atoms with Crippen molar-refractivity contribution in [3.8, 4) is 22.8 Å². The minimum atomic E-state index is -0.144. The molecule has 0 aliphatic heterocycles. The number of anilines is 1. The third-order valence-corrected chi connectivity index (χ3v) is 4.01. The number of oxazole rings is 1. The van der Waals surface area contributed by atoms with Crippen LogP contribution in [0.4, 0.5) is 5.69 Å². The number of amides is 1. The number of carbonyl (C=O) groups excluding carboxylic acids is 1. The predicted octanol–water partition coefficient (Wildman–Crippen LogP) is 4.71. The Hall–Kier alpha value is -3.28. The maximum Gasteiger partial charge on any atom is 0.224 e. The van der Waals surface area contributed by atoms with E-state index in [1.807, 2.05) is 50.2 Å². The summed E-state index contributed by atoms with van der Waals surface area (Å²) < 4.78 is 16.8. The third kappa shape index (κ3) is 5.13. The van der Waals surface area contributed by atoms with Gasteiger partial charge in [-0.3, -0.25) is 4.79 Å². The van der Waals surface area contributed by atoms with Gasteiger partial charge in [0, 0.05) is 24.5 Å². The molecule has 146 valence electrons. The van der Waals surface area contributed by atoms with Gasteiger partial charge in [-0.2, -0.15) is 0 Å². The zero-order valence-electron chi connectivity index (χ0n) is 16.1. The Morgan fingerprint density at radius 1 is 1.07 bits per heavy atom. The van der Waals surface area contributed by atoms with Gasteiger partial charge in [0.05, 0.1) is 25.1 Å². The van der Waals surface area contributed by atoms with Gasteiger partial charge in [0.2, 0.25) is 5.91 Å². The fourth-order valence-corrected chi connectivity index (χ4v) is 2.74. The van der Waals surface area contributed by atoms with Crippen LogP contribution in [0.2, 0.25) is 0 Å². The Morgan fingerprint density at radius 2 is 1.86 bits per heavy atom. The number of rotatable bonds is 9. The Labute approximate surface area is 164 Å². The largest absolute Gasteiger partial charge is 0.494 e. The molecule has 1 aromatic heterocycles. The minimum Gasteiger partial charge on any atom is -0.494 e. The summed E-state index contributed by atoms with van der Waals surface area (Å²) in [5.41, 5.74) is 1.55. The van der Waals surface area contributed by atoms with Gasteiger partial charge in [0.1, 0.15) is 11.5 Å². The number of aromatic nitrogens is 1. The normalized spacial score (nSPS) is 10.5. The maximum atomic E-state index is 12.4. The molecule has 1 N–H and O–H groups in total. The summed E-state index contributed by atoms with van der Waals surface area (Å²) in [6.45, 7) is 4.87. The Bertz CT molecular complexity index is 906. The molecule has 0 aliphatic carbocycles. The van der Waals surface area contributed by atoms with E-state index >= 15 is 0 Å². The molecule has 0 saturated heterocycles. The zero-order valence-corrected chi connectivity index (χ0v) is 16.1. The monoisotopic (exact) mass is 380 g/mol. The van der Waals surface area contributed by atoms with Crippen LogP contribution < -0.4 is 14.8 Å². The predicted molar refractivity (Wildman–Crippen MR) is 108 cm³/mol. The van der Waals surface area contributed by atoms with Crippen molar-refractivity contribution < 1.29 is 18.7 Å². The van der Waals surface area contributed by atoms with Crippen LogP contribution in [-0.2, 0) is 11.2 Å². The number of benzene rings is 2. The molecule has 6 heteroatoms. The molecule has 2 aromatic carbocycles. The molecule has 6 nitrogen and oxygen atoms in total. The molecular weight excluding hydrogens is 356 g/mol. The molecule has 1 amide bonds. The Morgan fingerprint density at radius 3 is 2.61 bits per heavy atom.